The minimum absolute atomic E-state index is 0.111. The molecule has 0 radical (unpaired) electrons. The van der Waals surface area contributed by atoms with Crippen LogP contribution in [0.5, 0.6) is 0 Å². The molecular weight excluding hydrogens is 304 g/mol. The lowest BCUT2D eigenvalue weighted by Gasteiger charge is -2.06. The maximum atomic E-state index is 12.3. The van der Waals surface area contributed by atoms with E-state index in [1.165, 1.54) is 0 Å². The van der Waals surface area contributed by atoms with Crippen LogP contribution in [0.15, 0.2) is 42.5 Å². The molecule has 2 aromatic carbocycles. The second-order valence-electron chi connectivity index (χ2n) is 5.88. The standard InChI is InChI=1S/C19H18N2O3/c1-11-3-6-13(7-4-11)18(22)20-10-15-14-9-12(2)5-8-16(14)21-17(15)19(23)24/h3-9,21H,10H2,1-2H3,(H,20,22)(H,23,24). The molecule has 0 atom stereocenters. The molecule has 0 unspecified atom stereocenters. The summed E-state index contributed by atoms with van der Waals surface area (Å²) in [6, 6.07) is 12.9. The summed E-state index contributed by atoms with van der Waals surface area (Å²) < 4.78 is 0. The number of amides is 1. The molecule has 24 heavy (non-hydrogen) atoms. The van der Waals surface area contributed by atoms with Crippen molar-refractivity contribution in [3.8, 4) is 0 Å². The average Bonchev–Trinajstić information content (AvgIpc) is 2.91. The van der Waals surface area contributed by atoms with Crippen LogP contribution < -0.4 is 5.32 Å². The Morgan fingerprint density at radius 1 is 1.04 bits per heavy atom. The minimum atomic E-state index is -1.04. The topological polar surface area (TPSA) is 82.2 Å². The Balaban J connectivity index is 1.90. The second kappa shape index (κ2) is 6.20. The van der Waals surface area contributed by atoms with Gasteiger partial charge in [0.15, 0.2) is 0 Å². The number of carboxylic acid groups (broad SMARTS) is 1. The van der Waals surface area contributed by atoms with Gasteiger partial charge >= 0.3 is 5.97 Å². The summed E-state index contributed by atoms with van der Waals surface area (Å²) in [7, 11) is 0. The number of aromatic nitrogens is 1. The van der Waals surface area contributed by atoms with Gasteiger partial charge in [-0.3, -0.25) is 4.79 Å². The quantitative estimate of drug-likeness (QED) is 0.688. The number of hydrogen-bond donors (Lipinski definition) is 3. The van der Waals surface area contributed by atoms with E-state index in [9.17, 15) is 14.7 Å². The first-order valence-electron chi connectivity index (χ1n) is 7.65. The Morgan fingerprint density at radius 2 is 1.71 bits per heavy atom. The number of aromatic carboxylic acids is 1. The van der Waals surface area contributed by atoms with Crippen molar-refractivity contribution in [3.05, 3.63) is 70.4 Å². The molecule has 3 rings (SSSR count). The Bertz CT molecular complexity index is 924. The fraction of sp³-hybridized carbons (Fsp3) is 0.158. The molecular formula is C19H18N2O3. The molecule has 1 heterocycles. The molecule has 1 amide bonds. The number of aromatic amines is 1. The highest BCUT2D eigenvalue weighted by Gasteiger charge is 2.18. The van der Waals surface area contributed by atoms with Crippen LogP contribution in [0.3, 0.4) is 0 Å². The van der Waals surface area contributed by atoms with Gasteiger partial charge < -0.3 is 15.4 Å². The first kappa shape index (κ1) is 15.8. The summed E-state index contributed by atoms with van der Waals surface area (Å²) in [6.45, 7) is 4.05. The van der Waals surface area contributed by atoms with Crippen molar-refractivity contribution in [2.75, 3.05) is 0 Å². The van der Waals surface area contributed by atoms with Gasteiger partial charge in [-0.05, 0) is 38.1 Å². The van der Waals surface area contributed by atoms with E-state index >= 15 is 0 Å². The lowest BCUT2D eigenvalue weighted by molar-refractivity contribution is 0.0689. The van der Waals surface area contributed by atoms with E-state index in [1.54, 1.807) is 12.1 Å². The molecule has 0 aliphatic rings. The smallest absolute Gasteiger partial charge is 0.352 e. The fourth-order valence-electron chi connectivity index (χ4n) is 2.70. The van der Waals surface area contributed by atoms with E-state index in [0.717, 1.165) is 22.0 Å². The van der Waals surface area contributed by atoms with E-state index in [-0.39, 0.29) is 18.1 Å². The van der Waals surface area contributed by atoms with Gasteiger partial charge in [-0.25, -0.2) is 4.79 Å². The molecule has 1 aromatic heterocycles. The van der Waals surface area contributed by atoms with Crippen molar-refractivity contribution < 1.29 is 14.7 Å². The molecule has 0 saturated heterocycles. The van der Waals surface area contributed by atoms with Gasteiger partial charge in [0.25, 0.3) is 5.91 Å². The number of carboxylic acids is 1. The third-order valence-electron chi connectivity index (χ3n) is 4.01. The number of rotatable bonds is 4. The number of carbonyl (C=O) groups is 2. The summed E-state index contributed by atoms with van der Waals surface area (Å²) in [4.78, 5) is 26.7. The normalized spacial score (nSPS) is 10.8. The van der Waals surface area contributed by atoms with Gasteiger partial charge in [0.05, 0.1) is 0 Å². The highest BCUT2D eigenvalue weighted by atomic mass is 16.4. The zero-order valence-electron chi connectivity index (χ0n) is 13.5. The second-order valence-corrected chi connectivity index (χ2v) is 5.88. The van der Waals surface area contributed by atoms with Crippen molar-refractivity contribution in [1.29, 1.82) is 0 Å². The third-order valence-corrected chi connectivity index (χ3v) is 4.01. The molecule has 5 nitrogen and oxygen atoms in total. The fourth-order valence-corrected chi connectivity index (χ4v) is 2.70. The Labute approximate surface area is 139 Å². The zero-order chi connectivity index (χ0) is 17.3. The molecule has 0 spiro atoms. The molecule has 0 saturated carbocycles. The number of hydrogen-bond acceptors (Lipinski definition) is 2. The van der Waals surface area contributed by atoms with Crippen molar-refractivity contribution >= 4 is 22.8 Å². The van der Waals surface area contributed by atoms with Crippen LogP contribution in [-0.2, 0) is 6.54 Å². The van der Waals surface area contributed by atoms with E-state index in [0.29, 0.717) is 11.1 Å². The van der Waals surface area contributed by atoms with Crippen LogP contribution in [0.25, 0.3) is 10.9 Å². The predicted molar refractivity (Wildman–Crippen MR) is 92.3 cm³/mol. The van der Waals surface area contributed by atoms with E-state index in [2.05, 4.69) is 10.3 Å². The zero-order valence-corrected chi connectivity index (χ0v) is 13.5. The van der Waals surface area contributed by atoms with Crippen LogP contribution in [0, 0.1) is 13.8 Å². The Kier molecular flexibility index (Phi) is 4.08. The molecule has 0 fully saturated rings. The molecule has 3 aromatic rings. The number of nitrogens with one attached hydrogen (secondary N) is 2. The summed E-state index contributed by atoms with van der Waals surface area (Å²) in [5.41, 5.74) is 4.10. The van der Waals surface area contributed by atoms with Crippen LogP contribution in [0.2, 0.25) is 0 Å². The van der Waals surface area contributed by atoms with Crippen LogP contribution in [0.1, 0.15) is 37.5 Å². The third kappa shape index (κ3) is 3.01. The number of H-pyrrole nitrogens is 1. The monoisotopic (exact) mass is 322 g/mol. The van der Waals surface area contributed by atoms with Gasteiger partial charge in [0.1, 0.15) is 5.69 Å². The summed E-state index contributed by atoms with van der Waals surface area (Å²) in [5, 5.41) is 13.0. The average molecular weight is 322 g/mol. The van der Waals surface area contributed by atoms with Crippen molar-refractivity contribution in [2.45, 2.75) is 20.4 Å². The molecule has 0 aliphatic heterocycles. The first-order valence-corrected chi connectivity index (χ1v) is 7.65. The number of fused-ring (bicyclic) bond motifs is 1. The molecule has 5 heteroatoms. The lowest BCUT2D eigenvalue weighted by atomic mass is 10.1. The van der Waals surface area contributed by atoms with Crippen molar-refractivity contribution in [2.24, 2.45) is 0 Å². The van der Waals surface area contributed by atoms with Crippen LogP contribution in [-0.4, -0.2) is 22.0 Å². The minimum Gasteiger partial charge on any atom is -0.477 e. The number of carbonyl (C=O) groups excluding carboxylic acids is 1. The molecule has 3 N–H and O–H groups in total. The van der Waals surface area contributed by atoms with Crippen LogP contribution >= 0.6 is 0 Å². The largest absolute Gasteiger partial charge is 0.477 e. The Hall–Kier alpha value is -3.08. The van der Waals surface area contributed by atoms with E-state index in [4.69, 9.17) is 0 Å². The highest BCUT2D eigenvalue weighted by Crippen LogP contribution is 2.24. The van der Waals surface area contributed by atoms with Gasteiger partial charge in [0, 0.05) is 28.6 Å². The lowest BCUT2D eigenvalue weighted by Crippen LogP contribution is -2.23. The van der Waals surface area contributed by atoms with Crippen LogP contribution in [0.4, 0.5) is 0 Å². The van der Waals surface area contributed by atoms with Gasteiger partial charge in [0.2, 0.25) is 0 Å². The van der Waals surface area contributed by atoms with E-state index < -0.39 is 5.97 Å². The first-order chi connectivity index (χ1) is 11.5. The highest BCUT2D eigenvalue weighted by molar-refractivity contribution is 5.99. The van der Waals surface area contributed by atoms with Gasteiger partial charge in [-0.1, -0.05) is 29.3 Å². The summed E-state index contributed by atoms with van der Waals surface area (Å²) in [5.74, 6) is -1.27. The Morgan fingerprint density at radius 3 is 2.38 bits per heavy atom. The van der Waals surface area contributed by atoms with Crippen molar-refractivity contribution in [1.82, 2.24) is 10.3 Å². The maximum absolute atomic E-state index is 12.3. The summed E-state index contributed by atoms with van der Waals surface area (Å²) >= 11 is 0. The molecule has 122 valence electrons. The number of benzene rings is 2. The SMILES string of the molecule is Cc1ccc(C(=O)NCc2c(C(=O)O)[nH]c3ccc(C)cc23)cc1. The van der Waals surface area contributed by atoms with Crippen molar-refractivity contribution in [3.63, 3.8) is 0 Å². The molecule has 0 bridgehead atoms. The summed E-state index contributed by atoms with van der Waals surface area (Å²) in [6.07, 6.45) is 0. The maximum Gasteiger partial charge on any atom is 0.352 e. The van der Waals surface area contributed by atoms with E-state index in [1.807, 2.05) is 44.2 Å². The molecule has 0 aliphatic carbocycles. The number of aryl methyl sites for hydroxylation is 2. The van der Waals surface area contributed by atoms with Gasteiger partial charge in [-0.2, -0.15) is 0 Å². The predicted octanol–water partition coefficient (Wildman–Crippen LogP) is 3.41. The van der Waals surface area contributed by atoms with Gasteiger partial charge in [-0.15, -0.1) is 0 Å².